The van der Waals surface area contributed by atoms with Gasteiger partial charge in [0.05, 0.1) is 6.61 Å². The standard InChI is InChI=1S/C13H25NO/c1-13(7-3-4-8-13)12(14-2)11-6-5-9-15-10-11/h11-12,14H,3-10H2,1-2H3. The number of rotatable bonds is 3. The molecule has 1 N–H and O–H groups in total. The van der Waals surface area contributed by atoms with Crippen LogP contribution in [-0.2, 0) is 4.74 Å². The van der Waals surface area contributed by atoms with E-state index in [0.717, 1.165) is 19.1 Å². The third kappa shape index (κ3) is 2.36. The molecule has 2 aliphatic rings. The summed E-state index contributed by atoms with van der Waals surface area (Å²) in [6, 6.07) is 0.667. The van der Waals surface area contributed by atoms with E-state index < -0.39 is 0 Å². The normalized spacial score (nSPS) is 32.8. The molecule has 0 aromatic carbocycles. The maximum absolute atomic E-state index is 5.63. The minimum Gasteiger partial charge on any atom is -0.381 e. The lowest BCUT2D eigenvalue weighted by molar-refractivity contribution is 0.0143. The first-order valence-corrected chi connectivity index (χ1v) is 6.51. The predicted octanol–water partition coefficient (Wildman–Crippen LogP) is 2.58. The van der Waals surface area contributed by atoms with Crippen molar-refractivity contribution < 1.29 is 4.74 Å². The van der Waals surface area contributed by atoms with Crippen LogP contribution < -0.4 is 5.32 Å². The summed E-state index contributed by atoms with van der Waals surface area (Å²) in [7, 11) is 2.13. The van der Waals surface area contributed by atoms with E-state index in [1.165, 1.54) is 38.5 Å². The fraction of sp³-hybridized carbons (Fsp3) is 1.00. The lowest BCUT2D eigenvalue weighted by Crippen LogP contribution is -2.48. The van der Waals surface area contributed by atoms with Crippen molar-refractivity contribution in [1.29, 1.82) is 0 Å². The molecular weight excluding hydrogens is 186 g/mol. The Hall–Kier alpha value is -0.0800. The lowest BCUT2D eigenvalue weighted by atomic mass is 9.73. The van der Waals surface area contributed by atoms with Gasteiger partial charge < -0.3 is 10.1 Å². The van der Waals surface area contributed by atoms with Crippen LogP contribution in [0.3, 0.4) is 0 Å². The second kappa shape index (κ2) is 4.84. The molecule has 1 saturated heterocycles. The lowest BCUT2D eigenvalue weighted by Gasteiger charge is -2.41. The van der Waals surface area contributed by atoms with Crippen LogP contribution in [0.5, 0.6) is 0 Å². The van der Waals surface area contributed by atoms with E-state index >= 15 is 0 Å². The van der Waals surface area contributed by atoms with Crippen molar-refractivity contribution in [2.24, 2.45) is 11.3 Å². The summed E-state index contributed by atoms with van der Waals surface area (Å²) in [5, 5.41) is 3.57. The number of hydrogen-bond donors (Lipinski definition) is 1. The van der Waals surface area contributed by atoms with Gasteiger partial charge in [0.15, 0.2) is 0 Å². The third-order valence-electron chi connectivity index (χ3n) is 4.47. The molecule has 1 heterocycles. The van der Waals surface area contributed by atoms with Crippen molar-refractivity contribution in [3.63, 3.8) is 0 Å². The number of hydrogen-bond acceptors (Lipinski definition) is 2. The van der Waals surface area contributed by atoms with Crippen LogP contribution in [0.15, 0.2) is 0 Å². The molecule has 1 saturated carbocycles. The largest absolute Gasteiger partial charge is 0.381 e. The first kappa shape index (κ1) is 11.4. The predicted molar refractivity (Wildman–Crippen MR) is 63.0 cm³/mol. The van der Waals surface area contributed by atoms with E-state index in [1.54, 1.807) is 0 Å². The summed E-state index contributed by atoms with van der Waals surface area (Å²) in [6.07, 6.45) is 8.23. The molecule has 15 heavy (non-hydrogen) atoms. The first-order chi connectivity index (χ1) is 7.26. The molecule has 2 atom stereocenters. The second-order valence-electron chi connectivity index (χ2n) is 5.60. The van der Waals surface area contributed by atoms with Crippen LogP contribution in [0.1, 0.15) is 45.4 Å². The van der Waals surface area contributed by atoms with E-state index in [4.69, 9.17) is 4.74 Å². The molecule has 0 radical (unpaired) electrons. The highest BCUT2D eigenvalue weighted by molar-refractivity contribution is 4.95. The van der Waals surface area contributed by atoms with E-state index in [2.05, 4.69) is 19.3 Å². The number of nitrogens with one attached hydrogen (secondary N) is 1. The Kier molecular flexibility index (Phi) is 3.68. The molecule has 0 amide bonds. The van der Waals surface area contributed by atoms with Crippen molar-refractivity contribution in [2.75, 3.05) is 20.3 Å². The van der Waals surface area contributed by atoms with Gasteiger partial charge in [-0.1, -0.05) is 19.8 Å². The highest BCUT2D eigenvalue weighted by atomic mass is 16.5. The Morgan fingerprint density at radius 3 is 2.53 bits per heavy atom. The first-order valence-electron chi connectivity index (χ1n) is 6.51. The Bertz CT molecular complexity index is 193. The molecule has 0 spiro atoms. The van der Waals surface area contributed by atoms with Crippen LogP contribution in [0, 0.1) is 11.3 Å². The van der Waals surface area contributed by atoms with Gasteiger partial charge in [0, 0.05) is 12.6 Å². The minimum atomic E-state index is 0.528. The molecule has 0 aromatic heterocycles. The summed E-state index contributed by atoms with van der Waals surface area (Å²) in [6.45, 7) is 4.42. The van der Waals surface area contributed by atoms with Crippen LogP contribution in [0.25, 0.3) is 0 Å². The van der Waals surface area contributed by atoms with E-state index in [9.17, 15) is 0 Å². The molecule has 2 rings (SSSR count). The van der Waals surface area contributed by atoms with Gasteiger partial charge in [-0.05, 0) is 44.1 Å². The van der Waals surface area contributed by atoms with Gasteiger partial charge in [-0.3, -0.25) is 0 Å². The molecule has 2 nitrogen and oxygen atoms in total. The molecule has 1 aliphatic heterocycles. The summed E-state index contributed by atoms with van der Waals surface area (Å²) in [5.41, 5.74) is 0.528. The van der Waals surface area contributed by atoms with E-state index in [1.807, 2.05) is 0 Å². The topological polar surface area (TPSA) is 21.3 Å². The van der Waals surface area contributed by atoms with Crippen LogP contribution in [-0.4, -0.2) is 26.3 Å². The van der Waals surface area contributed by atoms with Crippen molar-refractivity contribution in [1.82, 2.24) is 5.32 Å². The monoisotopic (exact) mass is 211 g/mol. The number of ether oxygens (including phenoxy) is 1. The van der Waals surface area contributed by atoms with Gasteiger partial charge in [-0.25, -0.2) is 0 Å². The molecule has 0 aromatic rings. The summed E-state index contributed by atoms with van der Waals surface area (Å²) >= 11 is 0. The Labute approximate surface area is 93.8 Å². The van der Waals surface area contributed by atoms with Crippen molar-refractivity contribution >= 4 is 0 Å². The fourth-order valence-corrected chi connectivity index (χ4v) is 3.68. The summed E-state index contributed by atoms with van der Waals surface area (Å²) in [4.78, 5) is 0. The van der Waals surface area contributed by atoms with Gasteiger partial charge in [0.2, 0.25) is 0 Å². The highest BCUT2D eigenvalue weighted by Crippen LogP contribution is 2.43. The zero-order chi connectivity index (χ0) is 10.7. The van der Waals surface area contributed by atoms with Gasteiger partial charge in [0.25, 0.3) is 0 Å². The Balaban J connectivity index is 2.01. The molecule has 0 bridgehead atoms. The zero-order valence-electron chi connectivity index (χ0n) is 10.2. The van der Waals surface area contributed by atoms with Crippen LogP contribution in [0.2, 0.25) is 0 Å². The van der Waals surface area contributed by atoms with Gasteiger partial charge in [0.1, 0.15) is 0 Å². The molecule has 88 valence electrons. The quantitative estimate of drug-likeness (QED) is 0.774. The van der Waals surface area contributed by atoms with Crippen molar-refractivity contribution in [3.8, 4) is 0 Å². The second-order valence-corrected chi connectivity index (χ2v) is 5.60. The molecule has 2 unspecified atom stereocenters. The van der Waals surface area contributed by atoms with Gasteiger partial charge in [-0.2, -0.15) is 0 Å². The summed E-state index contributed by atoms with van der Waals surface area (Å²) in [5.74, 6) is 0.742. The van der Waals surface area contributed by atoms with E-state index in [0.29, 0.717) is 11.5 Å². The third-order valence-corrected chi connectivity index (χ3v) is 4.47. The maximum Gasteiger partial charge on any atom is 0.0509 e. The van der Waals surface area contributed by atoms with E-state index in [-0.39, 0.29) is 0 Å². The average Bonchev–Trinajstić information content (AvgIpc) is 2.68. The average molecular weight is 211 g/mol. The van der Waals surface area contributed by atoms with Crippen molar-refractivity contribution in [3.05, 3.63) is 0 Å². The Morgan fingerprint density at radius 2 is 2.00 bits per heavy atom. The zero-order valence-corrected chi connectivity index (χ0v) is 10.2. The van der Waals surface area contributed by atoms with Crippen LogP contribution >= 0.6 is 0 Å². The molecule has 2 heteroatoms. The van der Waals surface area contributed by atoms with Crippen molar-refractivity contribution in [2.45, 2.75) is 51.5 Å². The molecule has 1 aliphatic carbocycles. The minimum absolute atomic E-state index is 0.528. The summed E-state index contributed by atoms with van der Waals surface area (Å²) < 4.78 is 5.63. The van der Waals surface area contributed by atoms with Gasteiger partial charge in [-0.15, -0.1) is 0 Å². The SMILES string of the molecule is CNC(C1CCCOC1)C1(C)CCCC1. The highest BCUT2D eigenvalue weighted by Gasteiger charge is 2.40. The maximum atomic E-state index is 5.63. The Morgan fingerprint density at radius 1 is 1.27 bits per heavy atom. The smallest absolute Gasteiger partial charge is 0.0509 e. The fourth-order valence-electron chi connectivity index (χ4n) is 3.68. The van der Waals surface area contributed by atoms with Crippen LogP contribution in [0.4, 0.5) is 0 Å². The van der Waals surface area contributed by atoms with Gasteiger partial charge >= 0.3 is 0 Å². The molecular formula is C13H25NO. The molecule has 2 fully saturated rings.